The molecule has 0 aliphatic heterocycles. The summed E-state index contributed by atoms with van der Waals surface area (Å²) in [6.07, 6.45) is 1.22. The normalized spacial score (nSPS) is 10.2. The highest BCUT2D eigenvalue weighted by Crippen LogP contribution is 2.26. The molecule has 120 valence electrons. The average molecular weight is 396 g/mol. The van der Waals surface area contributed by atoms with Gasteiger partial charge in [-0.05, 0) is 42.8 Å². The first-order chi connectivity index (χ1) is 11.0. The van der Waals surface area contributed by atoms with Gasteiger partial charge in [0, 0.05) is 22.1 Å². The maximum Gasteiger partial charge on any atom is 0.255 e. The van der Waals surface area contributed by atoms with Crippen molar-refractivity contribution >= 4 is 50.7 Å². The van der Waals surface area contributed by atoms with Gasteiger partial charge in [-0.15, -0.1) is 0 Å². The van der Waals surface area contributed by atoms with Crippen LogP contribution in [0.3, 0.4) is 0 Å². The van der Waals surface area contributed by atoms with E-state index in [1.54, 1.807) is 36.4 Å². The summed E-state index contributed by atoms with van der Waals surface area (Å²) < 4.78 is 0.817. The fraction of sp³-hybridized carbons (Fsp3) is 0.176. The molecule has 0 radical (unpaired) electrons. The highest BCUT2D eigenvalue weighted by Gasteiger charge is 2.10. The lowest BCUT2D eigenvalue weighted by molar-refractivity contribution is -0.116. The van der Waals surface area contributed by atoms with Crippen LogP contribution in [0.15, 0.2) is 46.9 Å². The van der Waals surface area contributed by atoms with Crippen LogP contribution in [0.25, 0.3) is 0 Å². The largest absolute Gasteiger partial charge is 0.326 e. The summed E-state index contributed by atoms with van der Waals surface area (Å²) in [6.45, 7) is 1.94. The van der Waals surface area contributed by atoms with E-state index in [4.69, 9.17) is 11.6 Å². The molecule has 2 N–H and O–H groups in total. The van der Waals surface area contributed by atoms with Crippen molar-refractivity contribution in [1.82, 2.24) is 0 Å². The number of hydrogen-bond acceptors (Lipinski definition) is 2. The van der Waals surface area contributed by atoms with Crippen molar-refractivity contribution in [2.45, 2.75) is 19.8 Å². The van der Waals surface area contributed by atoms with E-state index in [9.17, 15) is 9.59 Å². The predicted octanol–water partition coefficient (Wildman–Crippen LogP) is 5.09. The summed E-state index contributed by atoms with van der Waals surface area (Å²) in [6, 6.07) is 12.0. The van der Waals surface area contributed by atoms with E-state index in [2.05, 4.69) is 26.6 Å². The van der Waals surface area contributed by atoms with E-state index < -0.39 is 0 Å². The Morgan fingerprint density at radius 2 is 1.91 bits per heavy atom. The third kappa shape index (κ3) is 5.08. The molecular formula is C17H16BrClN2O2. The minimum atomic E-state index is -0.273. The molecule has 2 amide bonds. The lowest BCUT2D eigenvalue weighted by atomic mass is 10.2. The van der Waals surface area contributed by atoms with Crippen molar-refractivity contribution in [2.24, 2.45) is 0 Å². The molecule has 0 fully saturated rings. The topological polar surface area (TPSA) is 58.2 Å². The van der Waals surface area contributed by atoms with E-state index >= 15 is 0 Å². The SMILES string of the molecule is CCCC(=O)Nc1ccc(Cl)c(NC(=O)c2cccc(Br)c2)c1. The Morgan fingerprint density at radius 1 is 1.13 bits per heavy atom. The number of anilines is 2. The fourth-order valence-corrected chi connectivity index (χ4v) is 2.54. The van der Waals surface area contributed by atoms with E-state index in [1.165, 1.54) is 0 Å². The molecule has 0 saturated heterocycles. The van der Waals surface area contributed by atoms with Crippen LogP contribution in [0.1, 0.15) is 30.1 Å². The van der Waals surface area contributed by atoms with Gasteiger partial charge in [-0.2, -0.15) is 0 Å². The molecule has 0 spiro atoms. The average Bonchev–Trinajstić information content (AvgIpc) is 2.51. The first kappa shape index (κ1) is 17.5. The van der Waals surface area contributed by atoms with Gasteiger partial charge in [0.2, 0.25) is 5.91 Å². The predicted molar refractivity (Wildman–Crippen MR) is 97.1 cm³/mol. The monoisotopic (exact) mass is 394 g/mol. The molecule has 0 bridgehead atoms. The van der Waals surface area contributed by atoms with Gasteiger partial charge in [0.15, 0.2) is 0 Å². The minimum absolute atomic E-state index is 0.0703. The van der Waals surface area contributed by atoms with Gasteiger partial charge in [0.25, 0.3) is 5.91 Å². The number of benzene rings is 2. The van der Waals surface area contributed by atoms with Crippen LogP contribution in [-0.2, 0) is 4.79 Å². The Labute approximate surface area is 148 Å². The van der Waals surface area contributed by atoms with Crippen molar-refractivity contribution in [3.63, 3.8) is 0 Å². The summed E-state index contributed by atoms with van der Waals surface area (Å²) in [5, 5.41) is 5.94. The molecule has 0 aromatic heterocycles. The lowest BCUT2D eigenvalue weighted by Crippen LogP contribution is -2.14. The van der Waals surface area contributed by atoms with Crippen molar-refractivity contribution < 1.29 is 9.59 Å². The Balaban J connectivity index is 2.15. The second kappa shape index (κ2) is 8.13. The van der Waals surface area contributed by atoms with Crippen molar-refractivity contribution in [3.8, 4) is 0 Å². The third-order valence-corrected chi connectivity index (χ3v) is 3.89. The molecule has 0 aliphatic carbocycles. The zero-order chi connectivity index (χ0) is 16.8. The second-order valence-corrected chi connectivity index (χ2v) is 6.28. The maximum atomic E-state index is 12.3. The number of carbonyl (C=O) groups excluding carboxylic acids is 2. The highest BCUT2D eigenvalue weighted by atomic mass is 79.9. The summed E-state index contributed by atoms with van der Waals surface area (Å²) in [5.74, 6) is -0.343. The molecule has 0 unspecified atom stereocenters. The maximum absolute atomic E-state index is 12.3. The molecule has 0 heterocycles. The van der Waals surface area contributed by atoms with Crippen LogP contribution >= 0.6 is 27.5 Å². The standard InChI is InChI=1S/C17H16BrClN2O2/c1-2-4-16(22)20-13-7-8-14(19)15(10-13)21-17(23)11-5-3-6-12(18)9-11/h3,5-10H,2,4H2,1H3,(H,20,22)(H,21,23). The molecule has 2 rings (SSSR count). The van der Waals surface area contributed by atoms with Gasteiger partial charge in [-0.3, -0.25) is 9.59 Å². The number of nitrogens with one attached hydrogen (secondary N) is 2. The number of rotatable bonds is 5. The van der Waals surface area contributed by atoms with E-state index in [0.29, 0.717) is 28.4 Å². The first-order valence-electron chi connectivity index (χ1n) is 7.16. The molecule has 0 aliphatic rings. The van der Waals surface area contributed by atoms with E-state index in [0.717, 1.165) is 10.9 Å². The number of carbonyl (C=O) groups is 2. The summed E-state index contributed by atoms with van der Waals surface area (Å²) in [7, 11) is 0. The molecule has 4 nitrogen and oxygen atoms in total. The van der Waals surface area contributed by atoms with Crippen LogP contribution in [0.5, 0.6) is 0 Å². The van der Waals surface area contributed by atoms with Crippen LogP contribution < -0.4 is 10.6 Å². The quantitative estimate of drug-likeness (QED) is 0.740. The molecule has 0 saturated carbocycles. The lowest BCUT2D eigenvalue weighted by Gasteiger charge is -2.11. The summed E-state index contributed by atoms with van der Waals surface area (Å²) in [5.41, 5.74) is 1.55. The van der Waals surface area contributed by atoms with Crippen LogP contribution in [0.2, 0.25) is 5.02 Å². The zero-order valence-corrected chi connectivity index (χ0v) is 14.9. The van der Waals surface area contributed by atoms with Gasteiger partial charge in [-0.1, -0.05) is 40.5 Å². The number of amides is 2. The Bertz CT molecular complexity index is 734. The van der Waals surface area contributed by atoms with Gasteiger partial charge in [0.1, 0.15) is 0 Å². The number of halogens is 2. The first-order valence-corrected chi connectivity index (χ1v) is 8.33. The van der Waals surface area contributed by atoms with Gasteiger partial charge < -0.3 is 10.6 Å². The highest BCUT2D eigenvalue weighted by molar-refractivity contribution is 9.10. The van der Waals surface area contributed by atoms with E-state index in [1.807, 2.05) is 13.0 Å². The number of hydrogen-bond donors (Lipinski definition) is 2. The van der Waals surface area contributed by atoms with Crippen molar-refractivity contribution in [1.29, 1.82) is 0 Å². The molecule has 0 atom stereocenters. The van der Waals surface area contributed by atoms with Crippen molar-refractivity contribution in [3.05, 3.63) is 57.5 Å². The Morgan fingerprint density at radius 3 is 2.61 bits per heavy atom. The van der Waals surface area contributed by atoms with Crippen molar-refractivity contribution in [2.75, 3.05) is 10.6 Å². The molecule has 23 heavy (non-hydrogen) atoms. The van der Waals surface area contributed by atoms with Crippen LogP contribution in [0, 0.1) is 0 Å². The van der Waals surface area contributed by atoms with Crippen LogP contribution in [0.4, 0.5) is 11.4 Å². The summed E-state index contributed by atoms with van der Waals surface area (Å²) >= 11 is 9.45. The Hall–Kier alpha value is -1.85. The third-order valence-electron chi connectivity index (χ3n) is 3.06. The van der Waals surface area contributed by atoms with E-state index in [-0.39, 0.29) is 11.8 Å². The van der Waals surface area contributed by atoms with Gasteiger partial charge in [-0.25, -0.2) is 0 Å². The molecular weight excluding hydrogens is 380 g/mol. The molecule has 6 heteroatoms. The molecule has 2 aromatic carbocycles. The zero-order valence-electron chi connectivity index (χ0n) is 12.5. The second-order valence-electron chi connectivity index (χ2n) is 4.96. The van der Waals surface area contributed by atoms with Crippen LogP contribution in [-0.4, -0.2) is 11.8 Å². The van der Waals surface area contributed by atoms with Gasteiger partial charge >= 0.3 is 0 Å². The summed E-state index contributed by atoms with van der Waals surface area (Å²) in [4.78, 5) is 23.9. The smallest absolute Gasteiger partial charge is 0.255 e. The Kier molecular flexibility index (Phi) is 6.19. The van der Waals surface area contributed by atoms with Gasteiger partial charge in [0.05, 0.1) is 10.7 Å². The molecule has 2 aromatic rings. The fourth-order valence-electron chi connectivity index (χ4n) is 1.97. The minimum Gasteiger partial charge on any atom is -0.326 e.